The topological polar surface area (TPSA) is 36.4 Å². The van der Waals surface area contributed by atoms with Gasteiger partial charge in [0.1, 0.15) is 12.4 Å². The summed E-state index contributed by atoms with van der Waals surface area (Å²) in [6.07, 6.45) is -1.26. The maximum atomic E-state index is 12.4. The lowest BCUT2D eigenvalue weighted by molar-refractivity contribution is -0.120. The van der Waals surface area contributed by atoms with Crippen LogP contribution in [0, 0.1) is 0 Å². The number of nitrogens with zero attached hydrogens (tertiary/aromatic N) is 2. The number of aliphatic hydroxyl groups excluding tert-OH is 1. The summed E-state index contributed by atoms with van der Waals surface area (Å²) in [4.78, 5) is 5.24. The lowest BCUT2D eigenvalue weighted by atomic mass is 10.3. The Morgan fingerprint density at radius 2 is 2.06 bits per heavy atom. The van der Waals surface area contributed by atoms with Crippen LogP contribution >= 0.6 is 0 Å². The van der Waals surface area contributed by atoms with Gasteiger partial charge in [-0.15, -0.1) is 0 Å². The van der Waals surface area contributed by atoms with E-state index in [1.165, 1.54) is 17.2 Å². The summed E-state index contributed by atoms with van der Waals surface area (Å²) < 4.78 is 37.2. The molecule has 0 radical (unpaired) electrons. The molecule has 0 saturated heterocycles. The Kier molecular flexibility index (Phi) is 3.24. The first-order chi connectivity index (χ1) is 7.99. The van der Waals surface area contributed by atoms with Crippen molar-refractivity contribution in [2.24, 2.45) is 0 Å². The zero-order chi connectivity index (χ0) is 12.5. The van der Waals surface area contributed by atoms with Crippen molar-refractivity contribution >= 4 is 5.82 Å². The first-order valence-electron chi connectivity index (χ1n) is 5.39. The maximum Gasteiger partial charge on any atom is 0.405 e. The molecule has 1 fully saturated rings. The second kappa shape index (κ2) is 4.52. The largest absolute Gasteiger partial charge is 0.405 e. The number of rotatable bonds is 4. The average Bonchev–Trinajstić information content (AvgIpc) is 3.09. The molecular formula is C11H13F3N2O. The van der Waals surface area contributed by atoms with Crippen LogP contribution < -0.4 is 4.90 Å². The fourth-order valence-electron chi connectivity index (χ4n) is 1.66. The summed E-state index contributed by atoms with van der Waals surface area (Å²) in [5, 5.41) is 8.84. The Bertz CT molecular complexity index is 373. The van der Waals surface area contributed by atoms with E-state index in [2.05, 4.69) is 4.98 Å². The third-order valence-electron chi connectivity index (χ3n) is 2.62. The molecule has 0 unspecified atom stereocenters. The molecule has 1 aliphatic rings. The van der Waals surface area contributed by atoms with Gasteiger partial charge < -0.3 is 10.0 Å². The van der Waals surface area contributed by atoms with Crippen molar-refractivity contribution in [3.63, 3.8) is 0 Å². The highest BCUT2D eigenvalue weighted by Crippen LogP contribution is 2.33. The van der Waals surface area contributed by atoms with Crippen molar-refractivity contribution < 1.29 is 18.3 Å². The number of anilines is 1. The molecule has 1 aliphatic carbocycles. The number of alkyl halides is 3. The van der Waals surface area contributed by atoms with E-state index < -0.39 is 12.7 Å². The fraction of sp³-hybridized carbons (Fsp3) is 0.545. The minimum absolute atomic E-state index is 0.0518. The molecule has 0 spiro atoms. The monoisotopic (exact) mass is 246 g/mol. The molecule has 1 heterocycles. The number of hydrogen-bond acceptors (Lipinski definition) is 3. The highest BCUT2D eigenvalue weighted by molar-refractivity contribution is 5.42. The van der Waals surface area contributed by atoms with Crippen molar-refractivity contribution in [3.05, 3.63) is 23.9 Å². The summed E-state index contributed by atoms with van der Waals surface area (Å²) in [6, 6.07) is 3.06. The van der Waals surface area contributed by atoms with E-state index in [9.17, 15) is 13.2 Å². The molecule has 1 N–H and O–H groups in total. The molecule has 1 aromatic heterocycles. The van der Waals surface area contributed by atoms with Gasteiger partial charge in [0.05, 0.1) is 6.61 Å². The van der Waals surface area contributed by atoms with Gasteiger partial charge in [-0.3, -0.25) is 0 Å². The molecule has 1 aromatic rings. The molecule has 0 atom stereocenters. The van der Waals surface area contributed by atoms with Gasteiger partial charge in [-0.1, -0.05) is 6.07 Å². The van der Waals surface area contributed by atoms with Crippen LogP contribution in [0.5, 0.6) is 0 Å². The van der Waals surface area contributed by atoms with E-state index in [1.807, 2.05) is 0 Å². The average molecular weight is 246 g/mol. The Labute approximate surface area is 96.9 Å². The molecule has 17 heavy (non-hydrogen) atoms. The standard InChI is InChI=1S/C11H13F3N2O/c12-11(13,14)7-16(9-2-3-9)10-4-1-8(6-17)5-15-10/h1,4-5,9,17H,2-3,6-7H2. The predicted octanol–water partition coefficient (Wildman–Crippen LogP) is 2.10. The Morgan fingerprint density at radius 3 is 2.47 bits per heavy atom. The molecular weight excluding hydrogens is 233 g/mol. The molecule has 1 saturated carbocycles. The minimum Gasteiger partial charge on any atom is -0.392 e. The molecule has 2 rings (SSSR count). The highest BCUT2D eigenvalue weighted by Gasteiger charge is 2.38. The molecule has 0 bridgehead atoms. The summed E-state index contributed by atoms with van der Waals surface area (Å²) >= 11 is 0. The van der Waals surface area contributed by atoms with Gasteiger partial charge in [-0.2, -0.15) is 13.2 Å². The summed E-state index contributed by atoms with van der Waals surface area (Å²) in [6.45, 7) is -1.13. The van der Waals surface area contributed by atoms with E-state index in [0.29, 0.717) is 11.4 Å². The van der Waals surface area contributed by atoms with Gasteiger partial charge in [-0.05, 0) is 24.5 Å². The van der Waals surface area contributed by atoms with Crippen LogP contribution in [0.25, 0.3) is 0 Å². The number of hydrogen-bond donors (Lipinski definition) is 1. The van der Waals surface area contributed by atoms with Crippen LogP contribution in [0.1, 0.15) is 18.4 Å². The normalized spacial score (nSPS) is 16.0. The summed E-state index contributed by atoms with van der Waals surface area (Å²) in [5.74, 6) is 0.321. The van der Waals surface area contributed by atoms with Crippen molar-refractivity contribution in [1.82, 2.24) is 4.98 Å². The van der Waals surface area contributed by atoms with Gasteiger partial charge in [0, 0.05) is 12.2 Å². The van der Waals surface area contributed by atoms with Crippen LogP contribution in [-0.2, 0) is 6.61 Å². The number of aromatic nitrogens is 1. The smallest absolute Gasteiger partial charge is 0.392 e. The van der Waals surface area contributed by atoms with Crippen molar-refractivity contribution in [2.45, 2.75) is 31.7 Å². The molecule has 0 aliphatic heterocycles. The zero-order valence-corrected chi connectivity index (χ0v) is 9.11. The molecule has 3 nitrogen and oxygen atoms in total. The van der Waals surface area contributed by atoms with E-state index in [1.54, 1.807) is 6.07 Å². The van der Waals surface area contributed by atoms with Gasteiger partial charge in [0.25, 0.3) is 0 Å². The van der Waals surface area contributed by atoms with E-state index >= 15 is 0 Å². The van der Waals surface area contributed by atoms with Crippen LogP contribution in [0.4, 0.5) is 19.0 Å². The quantitative estimate of drug-likeness (QED) is 0.883. The summed E-state index contributed by atoms with van der Waals surface area (Å²) in [7, 11) is 0. The fourth-order valence-corrected chi connectivity index (χ4v) is 1.66. The van der Waals surface area contributed by atoms with Crippen molar-refractivity contribution in [2.75, 3.05) is 11.4 Å². The number of pyridine rings is 1. The molecule has 6 heteroatoms. The van der Waals surface area contributed by atoms with Crippen molar-refractivity contribution in [1.29, 1.82) is 0 Å². The lowest BCUT2D eigenvalue weighted by Gasteiger charge is -2.24. The highest BCUT2D eigenvalue weighted by atomic mass is 19.4. The maximum absolute atomic E-state index is 12.4. The van der Waals surface area contributed by atoms with Crippen LogP contribution in [0.2, 0.25) is 0 Å². The molecule has 0 aromatic carbocycles. The number of aliphatic hydroxyl groups is 1. The predicted molar refractivity (Wildman–Crippen MR) is 56.6 cm³/mol. The lowest BCUT2D eigenvalue weighted by Crippen LogP contribution is -2.36. The summed E-state index contributed by atoms with van der Waals surface area (Å²) in [5.41, 5.74) is 0.594. The Balaban J connectivity index is 2.14. The van der Waals surface area contributed by atoms with Gasteiger partial charge in [-0.25, -0.2) is 4.98 Å². The van der Waals surface area contributed by atoms with Gasteiger partial charge in [0.15, 0.2) is 0 Å². The Morgan fingerprint density at radius 1 is 1.35 bits per heavy atom. The van der Waals surface area contributed by atoms with Crippen LogP contribution in [0.15, 0.2) is 18.3 Å². The van der Waals surface area contributed by atoms with E-state index in [0.717, 1.165) is 12.8 Å². The minimum atomic E-state index is -4.22. The molecule has 0 amide bonds. The SMILES string of the molecule is OCc1ccc(N(CC(F)(F)F)C2CC2)nc1. The first kappa shape index (κ1) is 12.2. The second-order valence-electron chi connectivity index (χ2n) is 4.16. The van der Waals surface area contributed by atoms with Gasteiger partial charge >= 0.3 is 6.18 Å². The van der Waals surface area contributed by atoms with Gasteiger partial charge in [0.2, 0.25) is 0 Å². The third-order valence-corrected chi connectivity index (χ3v) is 2.62. The third kappa shape index (κ3) is 3.33. The Hall–Kier alpha value is -1.30. The van der Waals surface area contributed by atoms with E-state index in [-0.39, 0.29) is 12.6 Å². The second-order valence-corrected chi connectivity index (χ2v) is 4.16. The van der Waals surface area contributed by atoms with Crippen LogP contribution in [-0.4, -0.2) is 28.9 Å². The first-order valence-corrected chi connectivity index (χ1v) is 5.39. The van der Waals surface area contributed by atoms with Crippen LogP contribution in [0.3, 0.4) is 0 Å². The molecule has 94 valence electrons. The number of halogens is 3. The zero-order valence-electron chi connectivity index (χ0n) is 9.11. The van der Waals surface area contributed by atoms with Crippen molar-refractivity contribution in [3.8, 4) is 0 Å². The van der Waals surface area contributed by atoms with E-state index in [4.69, 9.17) is 5.11 Å².